The summed E-state index contributed by atoms with van der Waals surface area (Å²) in [7, 11) is 0. The van der Waals surface area contributed by atoms with Crippen molar-refractivity contribution in [1.29, 1.82) is 0 Å². The number of nitrogens with zero attached hydrogens (tertiary/aromatic N) is 3. The third-order valence-corrected chi connectivity index (χ3v) is 5.16. The zero-order chi connectivity index (χ0) is 27.7. The molecular formula is C26H35FN8O4. The van der Waals surface area contributed by atoms with Crippen LogP contribution in [0.3, 0.4) is 0 Å². The molecule has 0 aliphatic carbocycles. The Morgan fingerprint density at radius 2 is 1.62 bits per heavy atom. The van der Waals surface area contributed by atoms with Gasteiger partial charge in [0.15, 0.2) is 0 Å². The number of amides is 1. The molecule has 0 aliphatic rings. The van der Waals surface area contributed by atoms with Gasteiger partial charge in [0.05, 0.1) is 26.4 Å². The zero-order valence-corrected chi connectivity index (χ0v) is 21.7. The molecule has 0 saturated carbocycles. The van der Waals surface area contributed by atoms with Crippen molar-refractivity contribution in [1.82, 2.24) is 20.3 Å². The van der Waals surface area contributed by atoms with E-state index in [1.807, 2.05) is 0 Å². The molecule has 0 radical (unpaired) electrons. The quantitative estimate of drug-likeness (QED) is 0.130. The van der Waals surface area contributed by atoms with E-state index in [0.717, 1.165) is 5.56 Å². The number of hydrogen-bond donors (Lipinski definition) is 6. The minimum absolute atomic E-state index is 0.0328. The number of hydrogen-bond acceptors (Lipinski definition) is 11. The minimum atomic E-state index is -0.326. The Morgan fingerprint density at radius 3 is 2.33 bits per heavy atom. The van der Waals surface area contributed by atoms with Crippen LogP contribution in [-0.2, 0) is 16.0 Å². The highest BCUT2D eigenvalue weighted by Gasteiger charge is 2.09. The van der Waals surface area contributed by atoms with E-state index in [1.165, 1.54) is 12.1 Å². The van der Waals surface area contributed by atoms with Crippen LogP contribution in [0.25, 0.3) is 0 Å². The Labute approximate surface area is 226 Å². The predicted octanol–water partition coefficient (Wildman–Crippen LogP) is 1.88. The number of carbonyl (C=O) groups excluding carboxylic acids is 1. The van der Waals surface area contributed by atoms with Crippen molar-refractivity contribution in [3.05, 3.63) is 65.5 Å². The average molecular weight is 543 g/mol. The fraction of sp³-hybridized carbons (Fsp3) is 0.385. The largest absolute Gasteiger partial charge is 0.396 e. The van der Waals surface area contributed by atoms with E-state index in [0.29, 0.717) is 76.2 Å². The zero-order valence-electron chi connectivity index (χ0n) is 21.7. The number of aromatic nitrogens is 3. The van der Waals surface area contributed by atoms with Gasteiger partial charge in [-0.3, -0.25) is 4.79 Å². The second-order valence-electron chi connectivity index (χ2n) is 8.27. The monoisotopic (exact) mass is 542 g/mol. The molecule has 0 aliphatic heterocycles. The highest BCUT2D eigenvalue weighted by atomic mass is 19.1. The number of carbonyl (C=O) groups is 1. The summed E-state index contributed by atoms with van der Waals surface area (Å²) in [5.41, 5.74) is 7.23. The molecule has 0 fully saturated rings. The van der Waals surface area contributed by atoms with Gasteiger partial charge >= 0.3 is 0 Å². The molecule has 12 nitrogen and oxygen atoms in total. The minimum Gasteiger partial charge on any atom is -0.396 e. The third kappa shape index (κ3) is 11.2. The number of ether oxygens (including phenoxy) is 2. The normalized spacial score (nSPS) is 10.7. The lowest BCUT2D eigenvalue weighted by molar-refractivity contribution is 0.0511. The Bertz CT molecular complexity index is 1150. The van der Waals surface area contributed by atoms with Crippen LogP contribution in [0.2, 0.25) is 0 Å². The summed E-state index contributed by atoms with van der Waals surface area (Å²) >= 11 is 0. The molecule has 0 saturated heterocycles. The molecule has 1 heterocycles. The fourth-order valence-electron chi connectivity index (χ4n) is 3.28. The summed E-state index contributed by atoms with van der Waals surface area (Å²) in [4.78, 5) is 25.5. The van der Waals surface area contributed by atoms with Crippen molar-refractivity contribution in [3.8, 4) is 0 Å². The summed E-state index contributed by atoms with van der Waals surface area (Å²) in [5, 5.41) is 21.1. The lowest BCUT2D eigenvalue weighted by Crippen LogP contribution is -2.27. The van der Waals surface area contributed by atoms with Gasteiger partial charge in [-0.05, 0) is 48.4 Å². The Hall–Kier alpha value is -3.91. The lowest BCUT2D eigenvalue weighted by atomic mass is 10.2. The summed E-state index contributed by atoms with van der Waals surface area (Å²) < 4.78 is 24.1. The first kappa shape index (κ1) is 29.6. The highest BCUT2D eigenvalue weighted by molar-refractivity contribution is 5.94. The van der Waals surface area contributed by atoms with Crippen LogP contribution >= 0.6 is 0 Å². The van der Waals surface area contributed by atoms with E-state index >= 15 is 0 Å². The van der Waals surface area contributed by atoms with Gasteiger partial charge in [-0.15, -0.1) is 0 Å². The van der Waals surface area contributed by atoms with Crippen molar-refractivity contribution >= 4 is 29.4 Å². The van der Waals surface area contributed by atoms with Crippen molar-refractivity contribution in [2.24, 2.45) is 5.73 Å². The van der Waals surface area contributed by atoms with E-state index in [-0.39, 0.29) is 30.2 Å². The Balaban J connectivity index is 1.55. The first-order valence-electron chi connectivity index (χ1n) is 12.7. The smallest absolute Gasteiger partial charge is 0.251 e. The third-order valence-electron chi connectivity index (χ3n) is 5.16. The molecule has 7 N–H and O–H groups in total. The second kappa shape index (κ2) is 16.8. The molecule has 2 aromatic carbocycles. The number of aliphatic hydroxyl groups is 1. The van der Waals surface area contributed by atoms with Crippen molar-refractivity contribution in [2.75, 3.05) is 68.6 Å². The van der Waals surface area contributed by atoms with E-state index in [2.05, 4.69) is 36.2 Å². The van der Waals surface area contributed by atoms with Gasteiger partial charge in [-0.25, -0.2) is 4.39 Å². The molecule has 0 bridgehead atoms. The molecule has 0 spiro atoms. The molecule has 0 unspecified atom stereocenters. The number of nitrogens with two attached hydrogens (primary N) is 1. The summed E-state index contributed by atoms with van der Waals surface area (Å²) in [5.74, 6) is 0.319. The topological polar surface area (TPSA) is 169 Å². The van der Waals surface area contributed by atoms with Gasteiger partial charge in [0.1, 0.15) is 5.82 Å². The van der Waals surface area contributed by atoms with Crippen LogP contribution in [0.15, 0.2) is 48.5 Å². The van der Waals surface area contributed by atoms with E-state index in [4.69, 9.17) is 20.3 Å². The molecule has 13 heteroatoms. The van der Waals surface area contributed by atoms with E-state index in [9.17, 15) is 9.18 Å². The summed E-state index contributed by atoms with van der Waals surface area (Å²) in [6.45, 7) is 3.44. The number of halogens is 1. The van der Waals surface area contributed by atoms with Gasteiger partial charge in [0.25, 0.3) is 5.91 Å². The predicted molar refractivity (Wildman–Crippen MR) is 146 cm³/mol. The Kier molecular flexibility index (Phi) is 12.8. The number of nitrogens with one attached hydrogen (secondary N) is 4. The maximum absolute atomic E-state index is 13.5. The number of aliphatic hydroxyl groups excluding tert-OH is 1. The molecule has 210 valence electrons. The average Bonchev–Trinajstić information content (AvgIpc) is 2.94. The van der Waals surface area contributed by atoms with Crippen molar-refractivity contribution in [2.45, 2.75) is 13.0 Å². The van der Waals surface area contributed by atoms with Gasteiger partial charge in [-0.2, -0.15) is 15.0 Å². The second-order valence-corrected chi connectivity index (χ2v) is 8.27. The number of anilines is 4. The van der Waals surface area contributed by atoms with Crippen LogP contribution in [0, 0.1) is 5.82 Å². The van der Waals surface area contributed by atoms with Crippen LogP contribution in [-0.4, -0.2) is 78.6 Å². The molecule has 3 rings (SSSR count). The van der Waals surface area contributed by atoms with Crippen molar-refractivity contribution in [3.63, 3.8) is 0 Å². The fourth-order valence-corrected chi connectivity index (χ4v) is 3.28. The standard InChI is InChI=1S/C26H35FN8O4/c27-21-4-1-3-19(17-21)18-31-25-33-24(30-10-2-12-36)34-26(35-25)32-22-7-5-20(6-8-22)23(37)29-11-14-39-16-15-38-13-9-28/h1,3-8,17,36H,2,9-16,18,28H2,(H,29,37)(H3,30,31,32,33,34,35). The molecule has 39 heavy (non-hydrogen) atoms. The first-order chi connectivity index (χ1) is 19.1. The summed E-state index contributed by atoms with van der Waals surface area (Å²) in [6, 6.07) is 13.1. The SMILES string of the molecule is NCCOCCOCCNC(=O)c1ccc(Nc2nc(NCCCO)nc(NCc3cccc(F)c3)n2)cc1. The first-order valence-corrected chi connectivity index (χ1v) is 12.7. The maximum Gasteiger partial charge on any atom is 0.251 e. The Morgan fingerprint density at radius 1 is 0.897 bits per heavy atom. The molecule has 1 amide bonds. The highest BCUT2D eigenvalue weighted by Crippen LogP contribution is 2.17. The maximum atomic E-state index is 13.5. The summed E-state index contributed by atoms with van der Waals surface area (Å²) in [6.07, 6.45) is 0.527. The van der Waals surface area contributed by atoms with Gasteiger partial charge in [0.2, 0.25) is 17.8 Å². The van der Waals surface area contributed by atoms with Crippen LogP contribution < -0.4 is 27.0 Å². The van der Waals surface area contributed by atoms with Gasteiger partial charge in [0, 0.05) is 44.0 Å². The number of benzene rings is 2. The van der Waals surface area contributed by atoms with E-state index in [1.54, 1.807) is 36.4 Å². The van der Waals surface area contributed by atoms with Crippen LogP contribution in [0.5, 0.6) is 0 Å². The number of rotatable bonds is 18. The van der Waals surface area contributed by atoms with Crippen molar-refractivity contribution < 1.29 is 23.8 Å². The molecule has 1 aromatic heterocycles. The lowest BCUT2D eigenvalue weighted by Gasteiger charge is -2.12. The van der Waals surface area contributed by atoms with Crippen LogP contribution in [0.1, 0.15) is 22.3 Å². The molecule has 0 atom stereocenters. The molecule has 3 aromatic rings. The van der Waals surface area contributed by atoms with Crippen LogP contribution in [0.4, 0.5) is 27.9 Å². The van der Waals surface area contributed by atoms with Gasteiger partial charge in [-0.1, -0.05) is 12.1 Å². The van der Waals surface area contributed by atoms with Gasteiger partial charge < -0.3 is 41.6 Å². The molecular weight excluding hydrogens is 507 g/mol. The van der Waals surface area contributed by atoms with E-state index < -0.39 is 0 Å².